The van der Waals surface area contributed by atoms with Gasteiger partial charge in [-0.25, -0.2) is 4.39 Å². The first-order valence-electron chi connectivity index (χ1n) is 6.53. The van der Waals surface area contributed by atoms with Crippen molar-refractivity contribution < 1.29 is 13.9 Å². The summed E-state index contributed by atoms with van der Waals surface area (Å²) in [6.45, 7) is 0. The largest absolute Gasteiger partial charge is 0.497 e. The third-order valence-electron chi connectivity index (χ3n) is 3.60. The zero-order valence-electron chi connectivity index (χ0n) is 11.2. The molecule has 1 unspecified atom stereocenters. The number of fused-ring (bicyclic) bond motifs is 1. The van der Waals surface area contributed by atoms with Crippen molar-refractivity contribution in [1.82, 2.24) is 0 Å². The molecule has 0 bridgehead atoms. The summed E-state index contributed by atoms with van der Waals surface area (Å²) in [5, 5.41) is 0. The van der Waals surface area contributed by atoms with Crippen molar-refractivity contribution in [1.29, 1.82) is 0 Å². The van der Waals surface area contributed by atoms with E-state index in [0.29, 0.717) is 6.42 Å². The first kappa shape index (κ1) is 12.9. The van der Waals surface area contributed by atoms with Crippen LogP contribution in [0, 0.1) is 5.82 Å². The second kappa shape index (κ2) is 5.13. The number of ether oxygens (including phenoxy) is 2. The van der Waals surface area contributed by atoms with Crippen LogP contribution in [-0.4, -0.2) is 7.11 Å². The number of nitrogens with two attached hydrogens (primary N) is 1. The fraction of sp³-hybridized carbons (Fsp3) is 0.250. The molecule has 0 fully saturated rings. The van der Waals surface area contributed by atoms with Gasteiger partial charge in [0.05, 0.1) is 7.11 Å². The summed E-state index contributed by atoms with van der Waals surface area (Å²) < 4.78 is 24.2. The van der Waals surface area contributed by atoms with Crippen molar-refractivity contribution in [3.8, 4) is 11.5 Å². The van der Waals surface area contributed by atoms with Gasteiger partial charge < -0.3 is 15.2 Å². The van der Waals surface area contributed by atoms with E-state index < -0.39 is 0 Å². The summed E-state index contributed by atoms with van der Waals surface area (Å²) in [4.78, 5) is 0. The molecule has 1 aliphatic heterocycles. The molecule has 2 N–H and O–H groups in total. The summed E-state index contributed by atoms with van der Waals surface area (Å²) in [5.74, 6) is 1.21. The Morgan fingerprint density at radius 3 is 2.65 bits per heavy atom. The van der Waals surface area contributed by atoms with Gasteiger partial charge >= 0.3 is 0 Å². The smallest absolute Gasteiger partial charge is 0.128 e. The van der Waals surface area contributed by atoms with Gasteiger partial charge in [-0.1, -0.05) is 18.2 Å². The van der Waals surface area contributed by atoms with Crippen LogP contribution in [0.25, 0.3) is 0 Å². The van der Waals surface area contributed by atoms with Crippen LogP contribution >= 0.6 is 0 Å². The van der Waals surface area contributed by atoms with E-state index in [9.17, 15) is 4.39 Å². The van der Waals surface area contributed by atoms with Crippen LogP contribution in [0.15, 0.2) is 42.5 Å². The highest BCUT2D eigenvalue weighted by atomic mass is 19.1. The van der Waals surface area contributed by atoms with Gasteiger partial charge in [-0.2, -0.15) is 0 Å². The van der Waals surface area contributed by atoms with Gasteiger partial charge in [-0.15, -0.1) is 0 Å². The molecule has 20 heavy (non-hydrogen) atoms. The van der Waals surface area contributed by atoms with Gasteiger partial charge in [-0.05, 0) is 23.8 Å². The molecular weight excluding hydrogens is 257 g/mol. The highest BCUT2D eigenvalue weighted by Gasteiger charge is 2.27. The van der Waals surface area contributed by atoms with Crippen LogP contribution in [0.2, 0.25) is 0 Å². The standard InChI is InChI=1S/C16H16FNO2/c1-19-12-6-7-13-14(18)9-15(20-16(13)8-12)10-2-4-11(17)5-3-10/h2-8,14-15H,9,18H2,1H3/t14-,15?/m1/s1. The molecule has 1 aliphatic rings. The lowest BCUT2D eigenvalue weighted by Crippen LogP contribution is -2.24. The first-order valence-corrected chi connectivity index (χ1v) is 6.53. The van der Waals surface area contributed by atoms with Gasteiger partial charge in [-0.3, -0.25) is 0 Å². The Balaban J connectivity index is 1.92. The average molecular weight is 273 g/mol. The maximum atomic E-state index is 13.0. The summed E-state index contributed by atoms with van der Waals surface area (Å²) in [6.07, 6.45) is 0.510. The summed E-state index contributed by atoms with van der Waals surface area (Å²) >= 11 is 0. The number of methoxy groups -OCH3 is 1. The summed E-state index contributed by atoms with van der Waals surface area (Å²) in [5.41, 5.74) is 8.10. The van der Waals surface area contributed by atoms with E-state index in [1.165, 1.54) is 12.1 Å². The molecule has 4 heteroatoms. The predicted octanol–water partition coefficient (Wildman–Crippen LogP) is 3.36. The van der Waals surface area contributed by atoms with E-state index >= 15 is 0 Å². The number of hydrogen-bond donors (Lipinski definition) is 1. The van der Waals surface area contributed by atoms with Crippen molar-refractivity contribution in [3.63, 3.8) is 0 Å². The fourth-order valence-corrected chi connectivity index (χ4v) is 2.49. The highest BCUT2D eigenvalue weighted by Crippen LogP contribution is 2.41. The second-order valence-corrected chi connectivity index (χ2v) is 4.90. The minimum atomic E-state index is -0.254. The highest BCUT2D eigenvalue weighted by molar-refractivity contribution is 5.44. The van der Waals surface area contributed by atoms with Gasteiger partial charge in [0.2, 0.25) is 0 Å². The molecule has 0 aromatic heterocycles. The quantitative estimate of drug-likeness (QED) is 0.912. The number of rotatable bonds is 2. The summed E-state index contributed by atoms with van der Waals surface area (Å²) in [6, 6.07) is 11.9. The van der Waals surface area contributed by atoms with Crippen molar-refractivity contribution in [2.24, 2.45) is 5.73 Å². The Labute approximate surface area is 117 Å². The van der Waals surface area contributed by atoms with Crippen LogP contribution in [0.4, 0.5) is 4.39 Å². The van der Waals surface area contributed by atoms with Crippen molar-refractivity contribution in [2.75, 3.05) is 7.11 Å². The van der Waals surface area contributed by atoms with Gasteiger partial charge in [0, 0.05) is 24.1 Å². The molecule has 2 atom stereocenters. The number of hydrogen-bond acceptors (Lipinski definition) is 3. The third kappa shape index (κ3) is 2.34. The van der Waals surface area contributed by atoms with Crippen LogP contribution < -0.4 is 15.2 Å². The van der Waals surface area contributed by atoms with Crippen molar-refractivity contribution in [3.05, 3.63) is 59.4 Å². The topological polar surface area (TPSA) is 44.5 Å². The minimum absolute atomic E-state index is 0.0975. The van der Waals surface area contributed by atoms with E-state index in [0.717, 1.165) is 22.6 Å². The molecule has 0 amide bonds. The molecule has 3 rings (SSSR count). The molecule has 0 saturated heterocycles. The minimum Gasteiger partial charge on any atom is -0.497 e. The maximum absolute atomic E-state index is 13.0. The van der Waals surface area contributed by atoms with Gasteiger partial charge in [0.1, 0.15) is 23.4 Å². The maximum Gasteiger partial charge on any atom is 0.128 e. The molecular formula is C16H16FNO2. The monoisotopic (exact) mass is 273 g/mol. The second-order valence-electron chi connectivity index (χ2n) is 4.90. The molecule has 0 aliphatic carbocycles. The van der Waals surface area contributed by atoms with E-state index in [-0.39, 0.29) is 18.0 Å². The molecule has 0 saturated carbocycles. The molecule has 104 valence electrons. The lowest BCUT2D eigenvalue weighted by Gasteiger charge is -2.30. The van der Waals surface area contributed by atoms with Crippen LogP contribution in [0.3, 0.4) is 0 Å². The third-order valence-corrected chi connectivity index (χ3v) is 3.60. The van der Waals surface area contributed by atoms with Crippen molar-refractivity contribution >= 4 is 0 Å². The average Bonchev–Trinajstić information content (AvgIpc) is 2.47. The number of halogens is 1. The fourth-order valence-electron chi connectivity index (χ4n) is 2.49. The van der Waals surface area contributed by atoms with Gasteiger partial charge in [0.25, 0.3) is 0 Å². The molecule has 3 nitrogen and oxygen atoms in total. The van der Waals surface area contributed by atoms with Crippen LogP contribution in [0.5, 0.6) is 11.5 Å². The molecule has 2 aromatic carbocycles. The molecule has 0 radical (unpaired) electrons. The van der Waals surface area contributed by atoms with E-state index in [1.807, 2.05) is 18.2 Å². The lowest BCUT2D eigenvalue weighted by molar-refractivity contribution is 0.161. The molecule has 2 aromatic rings. The van der Waals surface area contributed by atoms with Crippen molar-refractivity contribution in [2.45, 2.75) is 18.6 Å². The summed E-state index contributed by atoms with van der Waals surface area (Å²) in [7, 11) is 1.61. The SMILES string of the molecule is COc1ccc2c(c1)OC(c1ccc(F)cc1)C[C@H]2N. The van der Waals surface area contributed by atoms with Crippen LogP contribution in [0.1, 0.15) is 29.7 Å². The van der Waals surface area contributed by atoms with Gasteiger partial charge in [0.15, 0.2) is 0 Å². The van der Waals surface area contributed by atoms with E-state index in [2.05, 4.69) is 0 Å². The Bertz CT molecular complexity index is 612. The van der Waals surface area contributed by atoms with E-state index in [4.69, 9.17) is 15.2 Å². The molecule has 0 spiro atoms. The Morgan fingerprint density at radius 2 is 1.95 bits per heavy atom. The predicted molar refractivity (Wildman–Crippen MR) is 74.3 cm³/mol. The Morgan fingerprint density at radius 1 is 1.20 bits per heavy atom. The zero-order chi connectivity index (χ0) is 14.1. The lowest BCUT2D eigenvalue weighted by atomic mass is 9.93. The molecule has 1 heterocycles. The number of benzene rings is 2. The zero-order valence-corrected chi connectivity index (χ0v) is 11.2. The normalized spacial score (nSPS) is 20.9. The first-order chi connectivity index (χ1) is 9.67. The van der Waals surface area contributed by atoms with Crippen LogP contribution in [-0.2, 0) is 0 Å². The Kier molecular flexibility index (Phi) is 3.32. The Hall–Kier alpha value is -2.07. The van der Waals surface area contributed by atoms with E-state index in [1.54, 1.807) is 19.2 Å².